The van der Waals surface area contributed by atoms with E-state index in [4.69, 9.17) is 9.73 Å². The van der Waals surface area contributed by atoms with E-state index in [2.05, 4.69) is 4.90 Å². The standard InChI is InChI=1S/C25H21N3O4S2/c1-3-27-20-14-19(32-2)12-13-21(20)33-24(27)22-23(31)28(16-6-10-18(30)11-7-16)25(34-22)26-15-4-8-17(29)9-5-15/h4-14,29-30H,3H2,1-2H3. The molecular formula is C25H21N3O4S2. The lowest BCUT2D eigenvalue weighted by molar-refractivity contribution is -0.113. The number of aromatic hydroxyl groups is 2. The molecule has 0 aliphatic carbocycles. The third-order valence-corrected chi connectivity index (χ3v) is 7.72. The number of fused-ring (bicyclic) bond motifs is 1. The van der Waals surface area contributed by atoms with Crippen LogP contribution in [-0.4, -0.2) is 34.9 Å². The summed E-state index contributed by atoms with van der Waals surface area (Å²) in [5, 5.41) is 20.7. The maximum Gasteiger partial charge on any atom is 0.274 e. The molecule has 9 heteroatoms. The van der Waals surface area contributed by atoms with E-state index in [1.165, 1.54) is 11.8 Å². The van der Waals surface area contributed by atoms with Crippen LogP contribution in [0.2, 0.25) is 0 Å². The van der Waals surface area contributed by atoms with Crippen LogP contribution in [0.25, 0.3) is 0 Å². The van der Waals surface area contributed by atoms with Gasteiger partial charge in [-0.2, -0.15) is 0 Å². The van der Waals surface area contributed by atoms with Gasteiger partial charge in [-0.25, -0.2) is 4.99 Å². The van der Waals surface area contributed by atoms with Gasteiger partial charge in [-0.15, -0.1) is 0 Å². The molecule has 0 spiro atoms. The van der Waals surface area contributed by atoms with Gasteiger partial charge < -0.3 is 19.8 Å². The van der Waals surface area contributed by atoms with Crippen molar-refractivity contribution in [2.45, 2.75) is 11.8 Å². The second-order valence-electron chi connectivity index (χ2n) is 7.48. The summed E-state index contributed by atoms with van der Waals surface area (Å²) >= 11 is 2.86. The number of ether oxygens (including phenoxy) is 1. The Morgan fingerprint density at radius 1 is 0.941 bits per heavy atom. The van der Waals surface area contributed by atoms with Gasteiger partial charge in [0, 0.05) is 17.5 Å². The molecule has 0 radical (unpaired) electrons. The molecule has 0 atom stereocenters. The van der Waals surface area contributed by atoms with Gasteiger partial charge in [0.1, 0.15) is 27.2 Å². The number of aliphatic imine (C=N–C) groups is 1. The van der Waals surface area contributed by atoms with E-state index in [-0.39, 0.29) is 17.4 Å². The molecule has 0 saturated carbocycles. The number of amides is 1. The second-order valence-corrected chi connectivity index (χ2v) is 9.49. The molecule has 34 heavy (non-hydrogen) atoms. The van der Waals surface area contributed by atoms with E-state index in [1.54, 1.807) is 72.3 Å². The van der Waals surface area contributed by atoms with Gasteiger partial charge >= 0.3 is 0 Å². The molecule has 0 unspecified atom stereocenters. The summed E-state index contributed by atoms with van der Waals surface area (Å²) in [6.45, 7) is 2.73. The summed E-state index contributed by atoms with van der Waals surface area (Å²) in [5.41, 5.74) is 2.22. The third-order valence-electron chi connectivity index (χ3n) is 5.38. The molecule has 2 aliphatic heterocycles. The molecule has 0 aromatic heterocycles. The minimum atomic E-state index is -0.186. The Morgan fingerprint density at radius 2 is 1.62 bits per heavy atom. The van der Waals surface area contributed by atoms with E-state index >= 15 is 0 Å². The lowest BCUT2D eigenvalue weighted by atomic mass is 10.2. The number of hydrogen-bond donors (Lipinski definition) is 2. The monoisotopic (exact) mass is 491 g/mol. The van der Waals surface area contributed by atoms with Crippen molar-refractivity contribution in [1.82, 2.24) is 0 Å². The lowest BCUT2D eigenvalue weighted by Gasteiger charge is -2.19. The molecule has 172 valence electrons. The second kappa shape index (κ2) is 9.00. The predicted molar refractivity (Wildman–Crippen MR) is 137 cm³/mol. The van der Waals surface area contributed by atoms with Crippen molar-refractivity contribution in [3.05, 3.63) is 76.7 Å². The Balaban J connectivity index is 1.61. The Labute approximate surface area is 205 Å². The molecule has 1 amide bonds. The zero-order valence-corrected chi connectivity index (χ0v) is 20.1. The number of rotatable bonds is 4. The smallest absolute Gasteiger partial charge is 0.274 e. The van der Waals surface area contributed by atoms with Crippen LogP contribution in [-0.2, 0) is 4.79 Å². The highest BCUT2D eigenvalue weighted by molar-refractivity contribution is 8.20. The van der Waals surface area contributed by atoms with Gasteiger partial charge in [0.05, 0.1) is 24.2 Å². The number of phenolic OH excluding ortho intramolecular Hbond substituents is 2. The molecule has 1 fully saturated rings. The summed E-state index contributed by atoms with van der Waals surface area (Å²) in [4.78, 5) is 23.8. The molecule has 2 heterocycles. The first kappa shape index (κ1) is 22.2. The molecule has 2 N–H and O–H groups in total. The third kappa shape index (κ3) is 3.97. The summed E-state index contributed by atoms with van der Waals surface area (Å²) < 4.78 is 5.40. The highest BCUT2D eigenvalue weighted by Crippen LogP contribution is 2.52. The van der Waals surface area contributed by atoms with Gasteiger partial charge in [0.2, 0.25) is 0 Å². The largest absolute Gasteiger partial charge is 0.508 e. The van der Waals surface area contributed by atoms with Crippen LogP contribution >= 0.6 is 23.5 Å². The maximum absolute atomic E-state index is 13.8. The predicted octanol–water partition coefficient (Wildman–Crippen LogP) is 5.68. The first-order chi connectivity index (χ1) is 16.5. The van der Waals surface area contributed by atoms with Crippen LogP contribution in [0.5, 0.6) is 17.2 Å². The van der Waals surface area contributed by atoms with Crippen LogP contribution in [0, 0.1) is 0 Å². The fourth-order valence-electron chi connectivity index (χ4n) is 3.72. The fraction of sp³-hybridized carbons (Fsp3) is 0.120. The van der Waals surface area contributed by atoms with Crippen molar-refractivity contribution in [3.63, 3.8) is 0 Å². The van der Waals surface area contributed by atoms with Crippen molar-refractivity contribution in [2.24, 2.45) is 4.99 Å². The number of carbonyl (C=O) groups is 1. The normalized spacial score (nSPS) is 18.6. The van der Waals surface area contributed by atoms with E-state index in [9.17, 15) is 15.0 Å². The maximum atomic E-state index is 13.8. The summed E-state index contributed by atoms with van der Waals surface area (Å²) in [5.74, 6) is 0.835. The highest BCUT2D eigenvalue weighted by Gasteiger charge is 2.40. The zero-order chi connectivity index (χ0) is 23.8. The van der Waals surface area contributed by atoms with Crippen LogP contribution in [0.4, 0.5) is 17.1 Å². The fourth-order valence-corrected chi connectivity index (χ4v) is 6.09. The Hall–Kier alpha value is -3.56. The zero-order valence-electron chi connectivity index (χ0n) is 18.4. The van der Waals surface area contributed by atoms with E-state index < -0.39 is 0 Å². The molecule has 5 rings (SSSR count). The average Bonchev–Trinajstić information content (AvgIpc) is 3.37. The minimum absolute atomic E-state index is 0.117. The first-order valence-corrected chi connectivity index (χ1v) is 12.2. The number of thioether (sulfide) groups is 2. The van der Waals surface area contributed by atoms with Crippen LogP contribution in [0.15, 0.2) is 86.6 Å². The molecule has 7 nitrogen and oxygen atoms in total. The number of nitrogens with zero attached hydrogens (tertiary/aromatic N) is 3. The first-order valence-electron chi connectivity index (χ1n) is 10.5. The highest BCUT2D eigenvalue weighted by atomic mass is 32.2. The number of hydrogen-bond acceptors (Lipinski definition) is 8. The van der Waals surface area contributed by atoms with Crippen LogP contribution in [0.1, 0.15) is 6.92 Å². The Kier molecular flexibility index (Phi) is 5.89. The Morgan fingerprint density at radius 3 is 2.26 bits per heavy atom. The number of benzene rings is 3. The van der Waals surface area contributed by atoms with Crippen molar-refractivity contribution in [2.75, 3.05) is 23.5 Å². The van der Waals surface area contributed by atoms with Gasteiger partial charge in [-0.05, 0) is 79.3 Å². The van der Waals surface area contributed by atoms with Gasteiger partial charge in [-0.3, -0.25) is 9.69 Å². The molecule has 3 aromatic rings. The molecule has 1 saturated heterocycles. The number of amidine groups is 1. The molecule has 3 aromatic carbocycles. The van der Waals surface area contributed by atoms with Crippen LogP contribution in [0.3, 0.4) is 0 Å². The van der Waals surface area contributed by atoms with E-state index in [0.717, 1.165) is 21.4 Å². The van der Waals surface area contributed by atoms with Gasteiger partial charge in [0.15, 0.2) is 5.17 Å². The Bertz CT molecular complexity index is 1320. The average molecular weight is 492 g/mol. The van der Waals surface area contributed by atoms with Crippen molar-refractivity contribution in [1.29, 1.82) is 0 Å². The number of carbonyl (C=O) groups excluding carboxylic acids is 1. The van der Waals surface area contributed by atoms with E-state index in [1.807, 2.05) is 25.1 Å². The quantitative estimate of drug-likeness (QED) is 0.455. The lowest BCUT2D eigenvalue weighted by Crippen LogP contribution is -2.29. The van der Waals surface area contributed by atoms with Crippen molar-refractivity contribution in [3.8, 4) is 17.2 Å². The summed E-state index contributed by atoms with van der Waals surface area (Å²) in [7, 11) is 1.64. The van der Waals surface area contributed by atoms with Crippen molar-refractivity contribution < 1.29 is 19.7 Å². The topological polar surface area (TPSA) is 85.6 Å². The number of anilines is 2. The van der Waals surface area contributed by atoms with Crippen LogP contribution < -0.4 is 14.5 Å². The molecule has 2 aliphatic rings. The van der Waals surface area contributed by atoms with E-state index in [0.29, 0.717) is 28.0 Å². The molecule has 0 bridgehead atoms. The van der Waals surface area contributed by atoms with Gasteiger partial charge in [-0.1, -0.05) is 11.8 Å². The number of methoxy groups -OCH3 is 1. The SMILES string of the molecule is CCN1C(=C2SC(=Nc3ccc(O)cc3)N(c3ccc(O)cc3)C2=O)Sc2ccc(OC)cc21. The summed E-state index contributed by atoms with van der Waals surface area (Å²) in [6.07, 6.45) is 0. The van der Waals surface area contributed by atoms with Crippen molar-refractivity contribution >= 4 is 51.7 Å². The minimum Gasteiger partial charge on any atom is -0.508 e. The summed E-state index contributed by atoms with van der Waals surface area (Å²) in [6, 6.07) is 18.9. The number of phenols is 2. The van der Waals surface area contributed by atoms with Gasteiger partial charge in [0.25, 0.3) is 5.91 Å². The molecular weight excluding hydrogens is 470 g/mol.